The Morgan fingerprint density at radius 2 is 1.96 bits per heavy atom. The fourth-order valence-electron chi connectivity index (χ4n) is 2.65. The van der Waals surface area contributed by atoms with Gasteiger partial charge in [-0.25, -0.2) is 0 Å². The smallest absolute Gasteiger partial charge is 0.269 e. The molecule has 25 heavy (non-hydrogen) atoms. The summed E-state index contributed by atoms with van der Waals surface area (Å²) in [6.07, 6.45) is 0.851. The average Bonchev–Trinajstić information content (AvgIpc) is 3.13. The molecule has 0 spiro atoms. The molecule has 0 saturated carbocycles. The van der Waals surface area contributed by atoms with E-state index >= 15 is 0 Å². The Morgan fingerprint density at radius 1 is 1.20 bits per heavy atom. The maximum absolute atomic E-state index is 12.8. The predicted molar refractivity (Wildman–Crippen MR) is 100 cm³/mol. The normalized spacial score (nSPS) is 10.5. The molecule has 3 aromatic rings. The minimum Gasteiger partial charge on any atom is -0.497 e. The van der Waals surface area contributed by atoms with E-state index in [4.69, 9.17) is 4.74 Å². The molecule has 1 aromatic heterocycles. The third kappa shape index (κ3) is 3.53. The summed E-state index contributed by atoms with van der Waals surface area (Å²) in [5.41, 5.74) is 4.43. The first-order valence-electron chi connectivity index (χ1n) is 8.00. The molecule has 6 heteroatoms. The number of benzene rings is 2. The number of hydrogen-bond donors (Lipinski definition) is 1. The van der Waals surface area contributed by atoms with E-state index in [9.17, 15) is 4.79 Å². The largest absolute Gasteiger partial charge is 0.497 e. The first kappa shape index (κ1) is 17.1. The number of amides is 1. The Bertz CT molecular complexity index is 888. The van der Waals surface area contributed by atoms with Crippen LogP contribution in [-0.4, -0.2) is 22.6 Å². The number of nitrogens with one attached hydrogen (secondary N) is 1. The van der Waals surface area contributed by atoms with Crippen LogP contribution in [0.15, 0.2) is 42.5 Å². The number of carbonyl (C=O) groups excluding carboxylic acids is 1. The number of aryl methyl sites for hydroxylation is 2. The van der Waals surface area contributed by atoms with Gasteiger partial charge in [0.15, 0.2) is 0 Å². The second-order valence-corrected chi connectivity index (χ2v) is 6.35. The summed E-state index contributed by atoms with van der Waals surface area (Å²) in [6.45, 7) is 4.06. The van der Waals surface area contributed by atoms with Crippen LogP contribution in [0.2, 0.25) is 0 Å². The molecular formula is C19H19N3O2S. The molecule has 0 unspecified atom stereocenters. The molecule has 2 aromatic carbocycles. The first-order chi connectivity index (χ1) is 12.1. The van der Waals surface area contributed by atoms with Gasteiger partial charge in [-0.05, 0) is 60.3 Å². The van der Waals surface area contributed by atoms with E-state index in [0.717, 1.165) is 46.1 Å². The van der Waals surface area contributed by atoms with Crippen LogP contribution in [0, 0.1) is 6.92 Å². The van der Waals surface area contributed by atoms with Crippen LogP contribution >= 0.6 is 11.5 Å². The molecule has 128 valence electrons. The summed E-state index contributed by atoms with van der Waals surface area (Å²) in [6, 6.07) is 13.4. The van der Waals surface area contributed by atoms with Crippen molar-refractivity contribution in [2.75, 3.05) is 12.4 Å². The predicted octanol–water partition coefficient (Wildman–Crippen LogP) is 4.34. The molecule has 1 heterocycles. The third-order valence-corrected chi connectivity index (χ3v) is 4.76. The van der Waals surface area contributed by atoms with Crippen molar-refractivity contribution in [2.24, 2.45) is 0 Å². The molecule has 0 fully saturated rings. The van der Waals surface area contributed by atoms with Crippen molar-refractivity contribution in [3.63, 3.8) is 0 Å². The minimum atomic E-state index is -0.190. The van der Waals surface area contributed by atoms with Crippen molar-refractivity contribution < 1.29 is 9.53 Å². The highest BCUT2D eigenvalue weighted by molar-refractivity contribution is 7.08. The lowest BCUT2D eigenvalue weighted by Crippen LogP contribution is -2.14. The molecule has 0 bridgehead atoms. The Hall–Kier alpha value is -2.73. The monoisotopic (exact) mass is 353 g/mol. The summed E-state index contributed by atoms with van der Waals surface area (Å²) in [5.74, 6) is 0.565. The summed E-state index contributed by atoms with van der Waals surface area (Å²) in [4.78, 5) is 13.3. The molecule has 0 atom stereocenters. The van der Waals surface area contributed by atoms with E-state index < -0.39 is 0 Å². The number of para-hydroxylation sites is 1. The Balaban J connectivity index is 1.91. The van der Waals surface area contributed by atoms with Crippen LogP contribution in [0.4, 0.5) is 5.69 Å². The van der Waals surface area contributed by atoms with E-state index in [-0.39, 0.29) is 5.91 Å². The highest BCUT2D eigenvalue weighted by Crippen LogP contribution is 2.28. The van der Waals surface area contributed by atoms with Gasteiger partial charge in [-0.1, -0.05) is 29.6 Å². The molecular weight excluding hydrogens is 334 g/mol. The quantitative estimate of drug-likeness (QED) is 0.741. The van der Waals surface area contributed by atoms with Gasteiger partial charge in [-0.15, -0.1) is 5.10 Å². The lowest BCUT2D eigenvalue weighted by Gasteiger charge is -2.12. The zero-order valence-electron chi connectivity index (χ0n) is 14.4. The van der Waals surface area contributed by atoms with Crippen LogP contribution in [0.5, 0.6) is 5.75 Å². The van der Waals surface area contributed by atoms with Crippen molar-refractivity contribution in [3.05, 3.63) is 58.5 Å². The van der Waals surface area contributed by atoms with Crippen LogP contribution in [0.1, 0.15) is 27.7 Å². The molecule has 5 nitrogen and oxygen atoms in total. The SMILES string of the molecule is CCc1cccc(C)c1NC(=O)c1snnc1-c1ccc(OC)cc1. The summed E-state index contributed by atoms with van der Waals surface area (Å²) >= 11 is 1.10. The number of nitrogens with zero attached hydrogens (tertiary/aromatic N) is 2. The number of carbonyl (C=O) groups is 1. The average molecular weight is 353 g/mol. The van der Waals surface area contributed by atoms with Gasteiger partial charge in [-0.2, -0.15) is 0 Å². The Labute approximate surface area is 150 Å². The summed E-state index contributed by atoms with van der Waals surface area (Å²) in [7, 11) is 1.62. The van der Waals surface area contributed by atoms with Crippen LogP contribution < -0.4 is 10.1 Å². The number of ether oxygens (including phenoxy) is 1. The van der Waals surface area contributed by atoms with Gasteiger partial charge in [0, 0.05) is 11.3 Å². The third-order valence-electron chi connectivity index (χ3n) is 4.04. The first-order valence-corrected chi connectivity index (χ1v) is 8.78. The van der Waals surface area contributed by atoms with Gasteiger partial charge in [0.2, 0.25) is 0 Å². The van der Waals surface area contributed by atoms with Gasteiger partial charge < -0.3 is 10.1 Å². The highest BCUT2D eigenvalue weighted by Gasteiger charge is 2.19. The van der Waals surface area contributed by atoms with Crippen LogP contribution in [0.25, 0.3) is 11.3 Å². The van der Waals surface area contributed by atoms with Crippen molar-refractivity contribution in [3.8, 4) is 17.0 Å². The molecule has 3 rings (SSSR count). The van der Waals surface area contributed by atoms with Gasteiger partial charge in [0.25, 0.3) is 5.91 Å². The minimum absolute atomic E-state index is 0.190. The number of methoxy groups -OCH3 is 1. The second-order valence-electron chi connectivity index (χ2n) is 5.60. The van der Waals surface area contributed by atoms with Crippen molar-refractivity contribution in [1.29, 1.82) is 0 Å². The fraction of sp³-hybridized carbons (Fsp3) is 0.211. The number of aromatic nitrogens is 2. The van der Waals surface area contributed by atoms with Gasteiger partial charge >= 0.3 is 0 Å². The van der Waals surface area contributed by atoms with Crippen molar-refractivity contribution in [1.82, 2.24) is 9.59 Å². The zero-order chi connectivity index (χ0) is 17.8. The molecule has 1 amide bonds. The number of hydrogen-bond acceptors (Lipinski definition) is 5. The standard InChI is InChI=1S/C19H19N3O2S/c1-4-13-7-5-6-12(2)16(13)20-19(23)18-17(21-22-25-18)14-8-10-15(24-3)11-9-14/h5-11H,4H2,1-3H3,(H,20,23). The lowest BCUT2D eigenvalue weighted by molar-refractivity contribution is 0.103. The second kappa shape index (κ2) is 7.44. The van der Waals surface area contributed by atoms with E-state index in [1.165, 1.54) is 0 Å². The molecule has 0 radical (unpaired) electrons. The van der Waals surface area contributed by atoms with Gasteiger partial charge in [0.05, 0.1) is 7.11 Å². The van der Waals surface area contributed by atoms with E-state index in [1.807, 2.05) is 49.4 Å². The summed E-state index contributed by atoms with van der Waals surface area (Å²) < 4.78 is 9.14. The van der Waals surface area contributed by atoms with Crippen LogP contribution in [-0.2, 0) is 6.42 Å². The molecule has 1 N–H and O–H groups in total. The molecule has 0 aliphatic carbocycles. The van der Waals surface area contributed by atoms with E-state index in [0.29, 0.717) is 10.6 Å². The van der Waals surface area contributed by atoms with E-state index in [1.54, 1.807) is 7.11 Å². The van der Waals surface area contributed by atoms with E-state index in [2.05, 4.69) is 21.8 Å². The molecule has 0 saturated heterocycles. The maximum Gasteiger partial charge on any atom is 0.269 e. The molecule has 0 aliphatic heterocycles. The lowest BCUT2D eigenvalue weighted by atomic mass is 10.1. The Kier molecular flexibility index (Phi) is 5.09. The van der Waals surface area contributed by atoms with Gasteiger partial charge in [-0.3, -0.25) is 4.79 Å². The highest BCUT2D eigenvalue weighted by atomic mass is 32.1. The summed E-state index contributed by atoms with van der Waals surface area (Å²) in [5, 5.41) is 7.17. The zero-order valence-corrected chi connectivity index (χ0v) is 15.2. The number of rotatable bonds is 5. The Morgan fingerprint density at radius 3 is 2.64 bits per heavy atom. The van der Waals surface area contributed by atoms with Crippen molar-refractivity contribution >= 4 is 23.1 Å². The van der Waals surface area contributed by atoms with Crippen LogP contribution in [0.3, 0.4) is 0 Å². The number of anilines is 1. The maximum atomic E-state index is 12.8. The molecule has 0 aliphatic rings. The van der Waals surface area contributed by atoms with Crippen molar-refractivity contribution in [2.45, 2.75) is 20.3 Å². The fourth-order valence-corrected chi connectivity index (χ4v) is 3.23. The van der Waals surface area contributed by atoms with Gasteiger partial charge in [0.1, 0.15) is 16.3 Å². The topological polar surface area (TPSA) is 64.1 Å².